The minimum absolute atomic E-state index is 0.255. The van der Waals surface area contributed by atoms with Crippen LogP contribution in [-0.2, 0) is 9.53 Å². The second-order valence-corrected chi connectivity index (χ2v) is 2.87. The molecule has 0 aliphatic carbocycles. The predicted molar refractivity (Wildman–Crippen MR) is 56.5 cm³/mol. The van der Waals surface area contributed by atoms with Crippen molar-refractivity contribution >= 4 is 29.0 Å². The highest BCUT2D eigenvalue weighted by Gasteiger charge is 2.06. The Bertz CT molecular complexity index is 536. The molecule has 0 bridgehead atoms. The van der Waals surface area contributed by atoms with Crippen molar-refractivity contribution in [2.24, 2.45) is 0 Å². The fraction of sp³-hybridized carbons (Fsp3) is 0. The minimum atomic E-state index is -0.803. The average molecular weight is 217 g/mol. The lowest BCUT2D eigenvalue weighted by Crippen LogP contribution is -2.11. The molecule has 1 heterocycles. The van der Waals surface area contributed by atoms with E-state index in [-0.39, 0.29) is 5.95 Å². The van der Waals surface area contributed by atoms with E-state index in [0.717, 1.165) is 11.0 Å². The number of carbonyl (C=O) groups is 1. The maximum atomic E-state index is 11.0. The first kappa shape index (κ1) is 9.95. The third-order valence-electron chi connectivity index (χ3n) is 1.82. The van der Waals surface area contributed by atoms with E-state index in [1.807, 2.05) is 18.2 Å². The predicted octanol–water partition coefficient (Wildman–Crippen LogP) is 1.46. The molecular formula is C10H7N3O3. The number of nitrogens with zero attached hydrogens (tertiary/aromatic N) is 1. The molecule has 2 rings (SSSR count). The van der Waals surface area contributed by atoms with Gasteiger partial charge in [-0.25, -0.2) is 14.6 Å². The van der Waals surface area contributed by atoms with Crippen LogP contribution in [0.1, 0.15) is 0 Å². The van der Waals surface area contributed by atoms with E-state index in [2.05, 4.69) is 20.0 Å². The normalized spacial score (nSPS) is 9.50. The van der Waals surface area contributed by atoms with Crippen LogP contribution in [0.2, 0.25) is 0 Å². The molecule has 0 spiro atoms. The molecule has 0 radical (unpaired) electrons. The molecule has 0 unspecified atom stereocenters. The fourth-order valence-corrected chi connectivity index (χ4v) is 1.22. The molecule has 0 saturated heterocycles. The van der Waals surface area contributed by atoms with E-state index < -0.39 is 6.09 Å². The number of ether oxygens (including phenoxy) is 1. The number of hydrogen-bond donors (Lipinski definition) is 2. The van der Waals surface area contributed by atoms with Crippen LogP contribution in [-0.4, -0.2) is 22.0 Å². The fourth-order valence-electron chi connectivity index (χ4n) is 1.22. The monoisotopic (exact) mass is 217 g/mol. The van der Waals surface area contributed by atoms with Gasteiger partial charge in [-0.1, -0.05) is 12.1 Å². The number of para-hydroxylation sites is 2. The maximum absolute atomic E-state index is 11.0. The molecular weight excluding hydrogens is 210 g/mol. The molecule has 1 aromatic heterocycles. The van der Waals surface area contributed by atoms with Crippen LogP contribution in [0.25, 0.3) is 11.0 Å². The van der Waals surface area contributed by atoms with Gasteiger partial charge < -0.3 is 9.72 Å². The van der Waals surface area contributed by atoms with Gasteiger partial charge in [0.25, 0.3) is 0 Å². The average Bonchev–Trinajstić information content (AvgIpc) is 2.68. The number of imidazole rings is 1. The lowest BCUT2D eigenvalue weighted by molar-refractivity contribution is 0.201. The lowest BCUT2D eigenvalue weighted by Gasteiger charge is -1.96. The third-order valence-corrected chi connectivity index (χ3v) is 1.82. The summed E-state index contributed by atoms with van der Waals surface area (Å²) in [6.45, 7) is 0. The molecule has 0 aliphatic rings. The number of H-pyrrole nitrogens is 1. The highest BCUT2D eigenvalue weighted by atomic mass is 16.5. The van der Waals surface area contributed by atoms with Gasteiger partial charge in [0.05, 0.1) is 11.0 Å². The van der Waals surface area contributed by atoms with Gasteiger partial charge in [0.2, 0.25) is 5.95 Å². The highest BCUT2D eigenvalue weighted by molar-refractivity contribution is 5.86. The Hall–Kier alpha value is -2.59. The van der Waals surface area contributed by atoms with Gasteiger partial charge in [-0.2, -0.15) is 0 Å². The first-order valence-corrected chi connectivity index (χ1v) is 4.41. The summed E-state index contributed by atoms with van der Waals surface area (Å²) in [5, 5.41) is 2.33. The Morgan fingerprint density at radius 1 is 1.50 bits per heavy atom. The second-order valence-electron chi connectivity index (χ2n) is 2.87. The quantitative estimate of drug-likeness (QED) is 0.589. The van der Waals surface area contributed by atoms with E-state index in [1.54, 1.807) is 6.07 Å². The number of fused-ring (bicyclic) bond motifs is 1. The number of nitrogens with one attached hydrogen (secondary N) is 2. The van der Waals surface area contributed by atoms with Crippen molar-refractivity contribution in [1.29, 1.82) is 0 Å². The number of aromatic nitrogens is 2. The van der Waals surface area contributed by atoms with E-state index >= 15 is 0 Å². The van der Waals surface area contributed by atoms with Crippen LogP contribution in [0.3, 0.4) is 0 Å². The third kappa shape index (κ3) is 2.08. The molecule has 1 aromatic carbocycles. The minimum Gasteiger partial charge on any atom is -0.406 e. The molecule has 0 fully saturated rings. The summed E-state index contributed by atoms with van der Waals surface area (Å²) in [6.07, 6.45) is -0.180. The van der Waals surface area contributed by atoms with E-state index in [4.69, 9.17) is 0 Å². The van der Waals surface area contributed by atoms with Gasteiger partial charge in [0.15, 0.2) is 12.2 Å². The van der Waals surface area contributed by atoms with Crippen LogP contribution >= 0.6 is 0 Å². The van der Waals surface area contributed by atoms with Gasteiger partial charge in [-0.15, -0.1) is 0 Å². The summed E-state index contributed by atoms with van der Waals surface area (Å²) in [5.74, 6) is 1.58. The van der Waals surface area contributed by atoms with E-state index in [1.165, 1.54) is 5.94 Å². The number of hydrogen-bond acceptors (Lipinski definition) is 4. The molecule has 0 aliphatic heterocycles. The van der Waals surface area contributed by atoms with Crippen molar-refractivity contribution in [1.82, 2.24) is 9.97 Å². The van der Waals surface area contributed by atoms with Crippen LogP contribution in [0, 0.1) is 0 Å². The molecule has 1 amide bonds. The summed E-state index contributed by atoms with van der Waals surface area (Å²) < 4.78 is 4.33. The molecule has 2 aromatic rings. The van der Waals surface area contributed by atoms with Crippen molar-refractivity contribution in [2.45, 2.75) is 0 Å². The number of carbonyl (C=O) groups excluding carboxylic acids is 2. The van der Waals surface area contributed by atoms with Gasteiger partial charge in [-0.3, -0.25) is 5.32 Å². The SMILES string of the molecule is O=C=COC(=O)Nc1nc2ccccc2[nH]1. The van der Waals surface area contributed by atoms with Crippen molar-refractivity contribution in [3.63, 3.8) is 0 Å². The summed E-state index contributed by atoms with van der Waals surface area (Å²) >= 11 is 0. The molecule has 2 N–H and O–H groups in total. The van der Waals surface area contributed by atoms with Gasteiger partial charge >= 0.3 is 6.09 Å². The molecule has 0 atom stereocenters. The first-order chi connectivity index (χ1) is 7.79. The smallest absolute Gasteiger partial charge is 0.406 e. The zero-order valence-electron chi connectivity index (χ0n) is 8.06. The van der Waals surface area contributed by atoms with Crippen molar-refractivity contribution in [3.8, 4) is 0 Å². The number of amides is 1. The van der Waals surface area contributed by atoms with Crippen molar-refractivity contribution in [3.05, 3.63) is 30.5 Å². The maximum Gasteiger partial charge on any atom is 0.419 e. The topological polar surface area (TPSA) is 84.1 Å². The van der Waals surface area contributed by atoms with E-state index in [0.29, 0.717) is 6.26 Å². The summed E-state index contributed by atoms with van der Waals surface area (Å²) in [4.78, 5) is 27.8. The largest absolute Gasteiger partial charge is 0.419 e. The molecule has 6 heteroatoms. The van der Waals surface area contributed by atoms with Crippen LogP contribution in [0.15, 0.2) is 30.5 Å². The van der Waals surface area contributed by atoms with E-state index in [9.17, 15) is 9.59 Å². The number of aromatic amines is 1. The highest BCUT2D eigenvalue weighted by Crippen LogP contribution is 2.13. The molecule has 0 saturated carbocycles. The zero-order valence-corrected chi connectivity index (χ0v) is 8.06. The van der Waals surface area contributed by atoms with Crippen molar-refractivity contribution < 1.29 is 14.3 Å². The molecule has 80 valence electrons. The van der Waals surface area contributed by atoms with Gasteiger partial charge in [0, 0.05) is 0 Å². The van der Waals surface area contributed by atoms with Crippen LogP contribution < -0.4 is 5.32 Å². The Kier molecular flexibility index (Phi) is 2.67. The van der Waals surface area contributed by atoms with Gasteiger partial charge in [0.1, 0.15) is 0 Å². The number of benzene rings is 1. The van der Waals surface area contributed by atoms with Gasteiger partial charge in [-0.05, 0) is 12.1 Å². The zero-order chi connectivity index (χ0) is 11.4. The number of rotatable bonds is 2. The standard InChI is InChI=1S/C10H7N3O3/c14-5-6-16-10(15)13-9-11-7-3-1-2-4-8(7)12-9/h1-4,6H,(H2,11,12,13,15). The summed E-state index contributed by atoms with van der Waals surface area (Å²) in [6, 6.07) is 7.30. The van der Waals surface area contributed by atoms with Crippen LogP contribution in [0.5, 0.6) is 0 Å². The summed E-state index contributed by atoms with van der Waals surface area (Å²) in [5.41, 5.74) is 1.52. The van der Waals surface area contributed by atoms with Crippen LogP contribution in [0.4, 0.5) is 10.7 Å². The molecule has 16 heavy (non-hydrogen) atoms. The Balaban J connectivity index is 2.15. The summed E-state index contributed by atoms with van der Waals surface area (Å²) in [7, 11) is 0. The lowest BCUT2D eigenvalue weighted by atomic mass is 10.3. The second kappa shape index (κ2) is 4.29. The Labute approximate surface area is 89.9 Å². The first-order valence-electron chi connectivity index (χ1n) is 4.41. The van der Waals surface area contributed by atoms with Crippen molar-refractivity contribution in [2.75, 3.05) is 5.32 Å². The number of anilines is 1. The Morgan fingerprint density at radius 2 is 2.31 bits per heavy atom. The Morgan fingerprint density at radius 3 is 3.06 bits per heavy atom. The molecule has 6 nitrogen and oxygen atoms in total.